The van der Waals surface area contributed by atoms with Crippen molar-refractivity contribution in [1.29, 1.82) is 0 Å². The van der Waals surface area contributed by atoms with Gasteiger partial charge in [0, 0.05) is 35.8 Å². The van der Waals surface area contributed by atoms with Crippen LogP contribution in [-0.2, 0) is 4.74 Å². The first kappa shape index (κ1) is 22.0. The van der Waals surface area contributed by atoms with E-state index in [9.17, 15) is 8.78 Å². The first-order chi connectivity index (χ1) is 15.5. The second kappa shape index (κ2) is 9.94. The van der Waals surface area contributed by atoms with Crippen molar-refractivity contribution in [2.45, 2.75) is 18.7 Å². The van der Waals surface area contributed by atoms with Crippen LogP contribution in [-0.4, -0.2) is 41.3 Å². The van der Waals surface area contributed by atoms with Crippen LogP contribution in [0.5, 0.6) is 0 Å². The number of rotatable bonds is 4. The number of nitrogens with zero attached hydrogens (tertiary/aromatic N) is 4. The van der Waals surface area contributed by atoms with E-state index in [1.54, 1.807) is 12.5 Å². The van der Waals surface area contributed by atoms with E-state index in [1.165, 1.54) is 12.1 Å². The molecule has 2 aromatic heterocycles. The number of ether oxygens (including phenoxy) is 1. The lowest BCUT2D eigenvalue weighted by Crippen LogP contribution is -2.37. The average Bonchev–Trinajstić information content (AvgIpc) is 2.78. The molecular formula is C23H21F2N5OS. The first-order valence-corrected chi connectivity index (χ1v) is 10.8. The number of morpholine rings is 1. The van der Waals surface area contributed by atoms with Gasteiger partial charge in [0.1, 0.15) is 23.8 Å². The molecular weight excluding hydrogens is 432 g/mol. The Morgan fingerprint density at radius 1 is 0.969 bits per heavy atom. The van der Waals surface area contributed by atoms with Crippen LogP contribution in [0.15, 0.2) is 41.7 Å². The standard InChI is InChI=1S/C23H21F2N5OS/c1-15-21(23(28-14-27-15)30-5-7-31-8-6-30)4-3-17-9-22(16(2)26-13-17)29-32-20-11-18(24)10-19(25)12-20/h9-14,29H,5-8H2,1-2H3. The number of hydrogen-bond acceptors (Lipinski definition) is 7. The lowest BCUT2D eigenvalue weighted by atomic mass is 10.1. The summed E-state index contributed by atoms with van der Waals surface area (Å²) in [6.07, 6.45) is 3.24. The van der Waals surface area contributed by atoms with Gasteiger partial charge in [-0.2, -0.15) is 0 Å². The number of pyridine rings is 1. The van der Waals surface area contributed by atoms with Crippen LogP contribution in [0.3, 0.4) is 0 Å². The van der Waals surface area contributed by atoms with E-state index in [4.69, 9.17) is 4.74 Å². The third-order valence-electron chi connectivity index (χ3n) is 4.86. The molecule has 1 fully saturated rings. The minimum Gasteiger partial charge on any atom is -0.378 e. The van der Waals surface area contributed by atoms with Gasteiger partial charge in [0.2, 0.25) is 0 Å². The number of aromatic nitrogens is 3. The van der Waals surface area contributed by atoms with Crippen molar-refractivity contribution >= 4 is 23.5 Å². The Hall–Kier alpha value is -3.22. The summed E-state index contributed by atoms with van der Waals surface area (Å²) >= 11 is 1.11. The van der Waals surface area contributed by atoms with Gasteiger partial charge in [-0.15, -0.1) is 0 Å². The highest BCUT2D eigenvalue weighted by Gasteiger charge is 2.17. The molecule has 0 radical (unpaired) electrons. The fourth-order valence-corrected chi connectivity index (χ4v) is 3.94. The molecule has 0 amide bonds. The van der Waals surface area contributed by atoms with Crippen molar-refractivity contribution in [2.75, 3.05) is 35.9 Å². The van der Waals surface area contributed by atoms with Gasteiger partial charge in [-0.25, -0.2) is 18.7 Å². The molecule has 4 rings (SSSR count). The average molecular weight is 454 g/mol. The van der Waals surface area contributed by atoms with Crippen LogP contribution < -0.4 is 9.62 Å². The van der Waals surface area contributed by atoms with Crippen LogP contribution in [0, 0.1) is 37.3 Å². The Bertz CT molecular complexity index is 1170. The molecule has 0 saturated carbocycles. The highest BCUT2D eigenvalue weighted by atomic mass is 32.2. The lowest BCUT2D eigenvalue weighted by molar-refractivity contribution is 0.122. The maximum Gasteiger partial charge on any atom is 0.148 e. The Morgan fingerprint density at radius 3 is 2.47 bits per heavy atom. The molecule has 0 bridgehead atoms. The van der Waals surface area contributed by atoms with E-state index >= 15 is 0 Å². The zero-order valence-electron chi connectivity index (χ0n) is 17.7. The van der Waals surface area contributed by atoms with Crippen LogP contribution in [0.25, 0.3) is 0 Å². The normalized spacial score (nSPS) is 13.4. The Balaban J connectivity index is 1.57. The van der Waals surface area contributed by atoms with Crippen LogP contribution in [0.4, 0.5) is 20.3 Å². The van der Waals surface area contributed by atoms with Crippen molar-refractivity contribution in [3.8, 4) is 11.8 Å². The van der Waals surface area contributed by atoms with Crippen molar-refractivity contribution in [3.63, 3.8) is 0 Å². The maximum atomic E-state index is 13.4. The van der Waals surface area contributed by atoms with Crippen LogP contribution in [0.1, 0.15) is 22.5 Å². The van der Waals surface area contributed by atoms with E-state index in [0.717, 1.165) is 53.9 Å². The SMILES string of the molecule is Cc1ncc(C#Cc2c(C)ncnc2N2CCOCC2)cc1NSc1cc(F)cc(F)c1. The smallest absolute Gasteiger partial charge is 0.148 e. The number of hydrogen-bond donors (Lipinski definition) is 1. The first-order valence-electron chi connectivity index (χ1n) is 10.0. The highest BCUT2D eigenvalue weighted by molar-refractivity contribution is 8.00. The largest absolute Gasteiger partial charge is 0.378 e. The summed E-state index contributed by atoms with van der Waals surface area (Å²) in [5, 5.41) is 0. The second-order valence-corrected chi connectivity index (χ2v) is 8.05. The van der Waals surface area contributed by atoms with Gasteiger partial charge in [0.05, 0.1) is 35.9 Å². The Morgan fingerprint density at radius 2 is 1.72 bits per heavy atom. The van der Waals surface area contributed by atoms with Gasteiger partial charge in [-0.05, 0) is 44.0 Å². The molecule has 0 aliphatic carbocycles. The minimum atomic E-state index is -0.625. The molecule has 1 N–H and O–H groups in total. The van der Waals surface area contributed by atoms with Gasteiger partial charge >= 0.3 is 0 Å². The fourth-order valence-electron chi connectivity index (χ4n) is 3.16. The van der Waals surface area contributed by atoms with E-state index in [0.29, 0.717) is 29.4 Å². The summed E-state index contributed by atoms with van der Waals surface area (Å²) in [6.45, 7) is 6.56. The summed E-state index contributed by atoms with van der Waals surface area (Å²) < 4.78 is 35.4. The molecule has 3 heterocycles. The van der Waals surface area contributed by atoms with E-state index in [-0.39, 0.29) is 0 Å². The fraction of sp³-hybridized carbons (Fsp3) is 0.261. The molecule has 1 aromatic carbocycles. The molecule has 6 nitrogen and oxygen atoms in total. The monoisotopic (exact) mass is 453 g/mol. The molecule has 1 aliphatic heterocycles. The summed E-state index contributed by atoms with van der Waals surface area (Å²) in [5.74, 6) is 5.90. The number of aryl methyl sites for hydroxylation is 2. The summed E-state index contributed by atoms with van der Waals surface area (Å²) in [5.41, 5.74) is 3.72. The molecule has 32 heavy (non-hydrogen) atoms. The molecule has 1 aliphatic rings. The van der Waals surface area contributed by atoms with E-state index in [1.807, 2.05) is 19.9 Å². The zero-order chi connectivity index (χ0) is 22.5. The molecule has 0 unspecified atom stereocenters. The van der Waals surface area contributed by atoms with Crippen LogP contribution >= 0.6 is 11.9 Å². The number of benzene rings is 1. The van der Waals surface area contributed by atoms with Gasteiger partial charge in [0.15, 0.2) is 0 Å². The van der Waals surface area contributed by atoms with Gasteiger partial charge in [-0.3, -0.25) is 4.98 Å². The molecule has 164 valence electrons. The van der Waals surface area contributed by atoms with Gasteiger partial charge in [-0.1, -0.05) is 11.8 Å². The summed E-state index contributed by atoms with van der Waals surface area (Å²) in [7, 11) is 0. The van der Waals surface area contributed by atoms with Gasteiger partial charge in [0.25, 0.3) is 0 Å². The van der Waals surface area contributed by atoms with E-state index in [2.05, 4.69) is 36.4 Å². The number of halogens is 2. The predicted octanol–water partition coefficient (Wildman–Crippen LogP) is 4.12. The van der Waals surface area contributed by atoms with E-state index < -0.39 is 11.6 Å². The molecule has 1 saturated heterocycles. The number of anilines is 2. The topological polar surface area (TPSA) is 63.2 Å². The van der Waals surface area contributed by atoms with Crippen LogP contribution in [0.2, 0.25) is 0 Å². The molecule has 3 aromatic rings. The third kappa shape index (κ3) is 5.33. The van der Waals surface area contributed by atoms with Crippen molar-refractivity contribution in [3.05, 3.63) is 70.9 Å². The highest BCUT2D eigenvalue weighted by Crippen LogP contribution is 2.25. The predicted molar refractivity (Wildman–Crippen MR) is 121 cm³/mol. The zero-order valence-corrected chi connectivity index (χ0v) is 18.5. The Labute approximate surface area is 189 Å². The maximum absolute atomic E-state index is 13.4. The molecule has 0 spiro atoms. The summed E-state index contributed by atoms with van der Waals surface area (Å²) in [6, 6.07) is 5.22. The van der Waals surface area contributed by atoms with Crippen molar-refractivity contribution < 1.29 is 13.5 Å². The quantitative estimate of drug-likeness (QED) is 0.471. The Kier molecular flexibility index (Phi) is 6.83. The number of nitrogens with one attached hydrogen (secondary N) is 1. The third-order valence-corrected chi connectivity index (χ3v) is 5.65. The molecule has 0 atom stereocenters. The lowest BCUT2D eigenvalue weighted by Gasteiger charge is -2.28. The second-order valence-electron chi connectivity index (χ2n) is 7.17. The minimum absolute atomic E-state index is 0.422. The van der Waals surface area contributed by atoms with Gasteiger partial charge < -0.3 is 14.4 Å². The molecule has 9 heteroatoms. The van der Waals surface area contributed by atoms with Crippen molar-refractivity contribution in [1.82, 2.24) is 15.0 Å². The van der Waals surface area contributed by atoms with Crippen molar-refractivity contribution in [2.24, 2.45) is 0 Å². The summed E-state index contributed by atoms with van der Waals surface area (Å²) in [4.78, 5) is 15.7.